The van der Waals surface area contributed by atoms with Gasteiger partial charge < -0.3 is 5.32 Å². The van der Waals surface area contributed by atoms with Crippen LogP contribution in [0.15, 0.2) is 36.5 Å². The average Bonchev–Trinajstić information content (AvgIpc) is 3.14. The van der Waals surface area contributed by atoms with Gasteiger partial charge in [-0.1, -0.05) is 40.9 Å². The number of carbonyl (C=O) groups excluding carboxylic acids is 1. The van der Waals surface area contributed by atoms with Crippen molar-refractivity contribution >= 4 is 67.8 Å². The summed E-state index contributed by atoms with van der Waals surface area (Å²) >= 11 is 19.8. The normalized spacial score (nSPS) is 11.3. The molecule has 0 aliphatic heterocycles. The third-order valence-corrected chi connectivity index (χ3v) is 5.79. The second kappa shape index (κ2) is 6.46. The minimum absolute atomic E-state index is 0.225. The lowest BCUT2D eigenvalue weighted by Crippen LogP contribution is -2.23. The SMILES string of the molecule is O=C(NCc1nnc2ccccn12)c1sc2cc(Cl)cc(Cl)c2c1Cl. The highest BCUT2D eigenvalue weighted by atomic mass is 35.5. The zero-order chi connectivity index (χ0) is 17.6. The molecule has 25 heavy (non-hydrogen) atoms. The monoisotopic (exact) mass is 410 g/mol. The largest absolute Gasteiger partial charge is 0.344 e. The molecular formula is C16H9Cl3N4OS. The van der Waals surface area contributed by atoms with Gasteiger partial charge >= 0.3 is 0 Å². The molecule has 0 aliphatic carbocycles. The van der Waals surface area contributed by atoms with Gasteiger partial charge in [0.2, 0.25) is 0 Å². The highest BCUT2D eigenvalue weighted by molar-refractivity contribution is 7.21. The Balaban J connectivity index is 1.62. The molecule has 1 aromatic carbocycles. The molecule has 0 saturated heterocycles. The third-order valence-electron chi connectivity index (χ3n) is 3.65. The number of rotatable bonds is 3. The molecule has 9 heteroatoms. The Hall–Kier alpha value is -1.86. The van der Waals surface area contributed by atoms with E-state index in [1.165, 1.54) is 11.3 Å². The zero-order valence-electron chi connectivity index (χ0n) is 12.5. The van der Waals surface area contributed by atoms with Crippen LogP contribution in [0.1, 0.15) is 15.5 Å². The standard InChI is InChI=1S/C16H9Cl3N4OS/c17-8-5-9(18)13-10(6-8)25-15(14(13)19)16(24)20-7-12-22-21-11-3-1-2-4-23(11)12/h1-6H,7H2,(H,20,24). The van der Waals surface area contributed by atoms with Crippen molar-refractivity contribution in [2.24, 2.45) is 0 Å². The van der Waals surface area contributed by atoms with Crippen molar-refractivity contribution in [3.05, 3.63) is 62.3 Å². The van der Waals surface area contributed by atoms with Crippen LogP contribution in [0.5, 0.6) is 0 Å². The van der Waals surface area contributed by atoms with Crippen LogP contribution in [0.4, 0.5) is 0 Å². The number of nitrogens with one attached hydrogen (secondary N) is 1. The second-order valence-corrected chi connectivity index (χ2v) is 7.51. The Labute approximate surface area is 161 Å². The van der Waals surface area contributed by atoms with E-state index in [2.05, 4.69) is 15.5 Å². The predicted molar refractivity (Wildman–Crippen MR) is 101 cm³/mol. The van der Waals surface area contributed by atoms with E-state index >= 15 is 0 Å². The number of nitrogens with zero attached hydrogens (tertiary/aromatic N) is 3. The third kappa shape index (κ3) is 2.95. The van der Waals surface area contributed by atoms with Crippen molar-refractivity contribution in [1.82, 2.24) is 19.9 Å². The van der Waals surface area contributed by atoms with Gasteiger partial charge in [-0.05, 0) is 24.3 Å². The second-order valence-electron chi connectivity index (χ2n) is 5.23. The van der Waals surface area contributed by atoms with Gasteiger partial charge in [0.1, 0.15) is 4.88 Å². The minimum Gasteiger partial charge on any atom is -0.344 e. The summed E-state index contributed by atoms with van der Waals surface area (Å²) in [7, 11) is 0. The van der Waals surface area contributed by atoms with Gasteiger partial charge in [-0.25, -0.2) is 0 Å². The van der Waals surface area contributed by atoms with E-state index in [9.17, 15) is 4.79 Å². The van der Waals surface area contributed by atoms with Crippen molar-refractivity contribution in [1.29, 1.82) is 0 Å². The molecule has 0 unspecified atom stereocenters. The number of hydrogen-bond acceptors (Lipinski definition) is 4. The van der Waals surface area contributed by atoms with Crippen molar-refractivity contribution in [2.45, 2.75) is 6.54 Å². The fraction of sp³-hybridized carbons (Fsp3) is 0.0625. The van der Waals surface area contributed by atoms with Crippen LogP contribution in [0.25, 0.3) is 15.7 Å². The number of carbonyl (C=O) groups is 1. The summed E-state index contributed by atoms with van der Waals surface area (Å²) in [6.45, 7) is 0.225. The molecule has 1 N–H and O–H groups in total. The summed E-state index contributed by atoms with van der Waals surface area (Å²) in [5.74, 6) is 0.327. The van der Waals surface area contributed by atoms with E-state index in [0.29, 0.717) is 36.8 Å². The molecule has 4 aromatic rings. The fourth-order valence-corrected chi connectivity index (χ4v) is 4.80. The first-order chi connectivity index (χ1) is 12.0. The van der Waals surface area contributed by atoms with Crippen LogP contribution < -0.4 is 5.32 Å². The van der Waals surface area contributed by atoms with Crippen LogP contribution in [0, 0.1) is 0 Å². The van der Waals surface area contributed by atoms with Crippen LogP contribution >= 0.6 is 46.1 Å². The molecule has 4 rings (SSSR count). The van der Waals surface area contributed by atoms with E-state index in [4.69, 9.17) is 34.8 Å². The maximum Gasteiger partial charge on any atom is 0.263 e. The number of aromatic nitrogens is 3. The lowest BCUT2D eigenvalue weighted by Gasteiger charge is -2.03. The Morgan fingerprint density at radius 3 is 2.88 bits per heavy atom. The number of hydrogen-bond donors (Lipinski definition) is 1. The van der Waals surface area contributed by atoms with Crippen molar-refractivity contribution in [3.8, 4) is 0 Å². The maximum atomic E-state index is 12.5. The molecule has 0 saturated carbocycles. The number of amides is 1. The summed E-state index contributed by atoms with van der Waals surface area (Å²) in [6.07, 6.45) is 1.84. The summed E-state index contributed by atoms with van der Waals surface area (Å²) < 4.78 is 2.57. The average molecular weight is 412 g/mol. The summed E-state index contributed by atoms with van der Waals surface area (Å²) in [5.41, 5.74) is 0.716. The highest BCUT2D eigenvalue weighted by Crippen LogP contribution is 2.41. The molecule has 3 aromatic heterocycles. The number of thiophene rings is 1. The van der Waals surface area contributed by atoms with Gasteiger partial charge in [0, 0.05) is 21.3 Å². The molecule has 0 aliphatic rings. The van der Waals surface area contributed by atoms with Gasteiger partial charge in [-0.15, -0.1) is 21.5 Å². The smallest absolute Gasteiger partial charge is 0.263 e. The lowest BCUT2D eigenvalue weighted by atomic mass is 10.2. The van der Waals surface area contributed by atoms with Crippen molar-refractivity contribution in [3.63, 3.8) is 0 Å². The van der Waals surface area contributed by atoms with Gasteiger partial charge in [-0.2, -0.15) is 0 Å². The molecule has 3 heterocycles. The van der Waals surface area contributed by atoms with Gasteiger partial charge in [-0.3, -0.25) is 9.20 Å². The molecule has 126 valence electrons. The molecule has 0 radical (unpaired) electrons. The van der Waals surface area contributed by atoms with Crippen LogP contribution in [-0.4, -0.2) is 20.5 Å². The first-order valence-corrected chi connectivity index (χ1v) is 9.13. The topological polar surface area (TPSA) is 59.3 Å². The van der Waals surface area contributed by atoms with E-state index < -0.39 is 0 Å². The van der Waals surface area contributed by atoms with Crippen molar-refractivity contribution in [2.75, 3.05) is 0 Å². The number of benzene rings is 1. The molecular weight excluding hydrogens is 403 g/mol. The van der Waals surface area contributed by atoms with Gasteiger partial charge in [0.25, 0.3) is 5.91 Å². The molecule has 0 bridgehead atoms. The zero-order valence-corrected chi connectivity index (χ0v) is 15.5. The predicted octanol–water partition coefficient (Wildman–Crippen LogP) is 4.83. The van der Waals surface area contributed by atoms with E-state index in [0.717, 1.165) is 4.70 Å². The van der Waals surface area contributed by atoms with E-state index in [1.54, 1.807) is 12.1 Å². The minimum atomic E-state index is -0.300. The Bertz CT molecular complexity index is 1120. The van der Waals surface area contributed by atoms with Crippen LogP contribution in [0.2, 0.25) is 15.1 Å². The van der Waals surface area contributed by atoms with E-state index in [-0.39, 0.29) is 12.5 Å². The Morgan fingerprint density at radius 2 is 2.04 bits per heavy atom. The van der Waals surface area contributed by atoms with Crippen molar-refractivity contribution < 1.29 is 4.79 Å². The fourth-order valence-electron chi connectivity index (χ4n) is 2.51. The first kappa shape index (κ1) is 16.6. The van der Waals surface area contributed by atoms with Gasteiger partial charge in [0.05, 0.1) is 16.6 Å². The number of pyridine rings is 1. The quantitative estimate of drug-likeness (QED) is 0.525. The number of fused-ring (bicyclic) bond motifs is 2. The molecule has 0 atom stereocenters. The van der Waals surface area contributed by atoms with Gasteiger partial charge in [0.15, 0.2) is 11.5 Å². The Kier molecular flexibility index (Phi) is 4.29. The van der Waals surface area contributed by atoms with E-state index in [1.807, 2.05) is 28.8 Å². The Morgan fingerprint density at radius 1 is 1.20 bits per heavy atom. The van der Waals surface area contributed by atoms with Crippen LogP contribution in [-0.2, 0) is 6.54 Å². The first-order valence-electron chi connectivity index (χ1n) is 7.18. The molecule has 0 spiro atoms. The molecule has 0 fully saturated rings. The molecule has 5 nitrogen and oxygen atoms in total. The highest BCUT2D eigenvalue weighted by Gasteiger charge is 2.20. The summed E-state index contributed by atoms with van der Waals surface area (Å²) in [6, 6.07) is 8.93. The summed E-state index contributed by atoms with van der Waals surface area (Å²) in [4.78, 5) is 12.9. The molecule has 1 amide bonds. The summed E-state index contributed by atoms with van der Waals surface area (Å²) in [5, 5.41) is 12.8. The maximum absolute atomic E-state index is 12.5. The lowest BCUT2D eigenvalue weighted by molar-refractivity contribution is 0.0954. The number of halogens is 3. The van der Waals surface area contributed by atoms with Crippen LogP contribution in [0.3, 0.4) is 0 Å².